The van der Waals surface area contributed by atoms with E-state index in [2.05, 4.69) is 32.9 Å². The highest BCUT2D eigenvalue weighted by Gasteiger charge is 2.11. The third kappa shape index (κ3) is 8.30. The number of benzene rings is 1. The average molecular weight is 347 g/mol. The van der Waals surface area contributed by atoms with Crippen LogP contribution >= 0.6 is 0 Å². The first-order chi connectivity index (χ1) is 11.3. The summed E-state index contributed by atoms with van der Waals surface area (Å²) >= 11 is 0. The fourth-order valence-corrected chi connectivity index (χ4v) is 3.58. The highest BCUT2D eigenvalue weighted by Crippen LogP contribution is 2.14. The minimum Gasteiger partial charge on any atom is -0.223 e. The topological polar surface area (TPSA) is 34.1 Å². The predicted molar refractivity (Wildman–Crippen MR) is 104 cm³/mol. The molecule has 0 heterocycles. The van der Waals surface area contributed by atoms with Gasteiger partial charge in [0.15, 0.2) is 9.84 Å². The first kappa shape index (κ1) is 20.4. The van der Waals surface area contributed by atoms with Crippen LogP contribution in [0.2, 0.25) is 0 Å². The summed E-state index contributed by atoms with van der Waals surface area (Å²) in [6, 6.07) is 8.64. The minimum atomic E-state index is -3.22. The summed E-state index contributed by atoms with van der Waals surface area (Å²) in [5, 5.41) is 0. The van der Waals surface area contributed by atoms with E-state index in [0.717, 1.165) is 31.3 Å². The molecule has 0 unspecified atom stereocenters. The van der Waals surface area contributed by atoms with Crippen molar-refractivity contribution in [1.29, 1.82) is 0 Å². The molecule has 132 valence electrons. The standard InChI is InChI=1S/C21H30O2S/c1-18(2)10-8-11-19(3)12-9-13-20(4)16-17-24(22,23)21-14-6-5-7-15-21/h5-7,10,12,14-16H,8-9,11,13,17H2,1-4H3/b19-12+,20-16-. The molecule has 0 spiro atoms. The molecule has 1 aromatic carbocycles. The molecule has 0 saturated carbocycles. The lowest BCUT2D eigenvalue weighted by atomic mass is 10.1. The van der Waals surface area contributed by atoms with E-state index in [4.69, 9.17) is 0 Å². The zero-order valence-electron chi connectivity index (χ0n) is 15.4. The van der Waals surface area contributed by atoms with Crippen molar-refractivity contribution < 1.29 is 8.42 Å². The van der Waals surface area contributed by atoms with Crippen LogP contribution in [0.1, 0.15) is 53.4 Å². The van der Waals surface area contributed by atoms with Gasteiger partial charge in [-0.05, 0) is 65.5 Å². The highest BCUT2D eigenvalue weighted by molar-refractivity contribution is 7.91. The highest BCUT2D eigenvalue weighted by atomic mass is 32.2. The molecule has 0 atom stereocenters. The molecule has 24 heavy (non-hydrogen) atoms. The molecule has 0 N–H and O–H groups in total. The van der Waals surface area contributed by atoms with Gasteiger partial charge in [0, 0.05) is 0 Å². The van der Waals surface area contributed by atoms with Crippen molar-refractivity contribution in [2.45, 2.75) is 58.3 Å². The Morgan fingerprint density at radius 1 is 0.833 bits per heavy atom. The maximum atomic E-state index is 12.2. The van der Waals surface area contributed by atoms with Crippen LogP contribution in [0.25, 0.3) is 0 Å². The van der Waals surface area contributed by atoms with Crippen molar-refractivity contribution >= 4 is 9.84 Å². The van der Waals surface area contributed by atoms with E-state index in [-0.39, 0.29) is 5.75 Å². The van der Waals surface area contributed by atoms with Crippen LogP contribution in [0.5, 0.6) is 0 Å². The first-order valence-corrected chi connectivity index (χ1v) is 10.2. The maximum absolute atomic E-state index is 12.2. The molecule has 0 aliphatic heterocycles. The largest absolute Gasteiger partial charge is 0.223 e. The Morgan fingerprint density at radius 3 is 1.96 bits per heavy atom. The van der Waals surface area contributed by atoms with Gasteiger partial charge in [0.25, 0.3) is 0 Å². The molecular weight excluding hydrogens is 316 g/mol. The number of sulfone groups is 1. The average Bonchev–Trinajstić information content (AvgIpc) is 2.53. The van der Waals surface area contributed by atoms with Gasteiger partial charge in [-0.1, -0.05) is 53.1 Å². The van der Waals surface area contributed by atoms with Crippen LogP contribution in [0.15, 0.2) is 70.2 Å². The van der Waals surface area contributed by atoms with Gasteiger partial charge in [0.1, 0.15) is 0 Å². The second-order valence-electron chi connectivity index (χ2n) is 6.55. The smallest absolute Gasteiger partial charge is 0.181 e. The summed E-state index contributed by atoms with van der Waals surface area (Å²) < 4.78 is 24.5. The SMILES string of the molecule is CC(C)=CCC/C(C)=C/CC/C(C)=C\CS(=O)(=O)c1ccccc1. The van der Waals surface area contributed by atoms with E-state index in [1.165, 1.54) is 11.1 Å². The van der Waals surface area contributed by atoms with Crippen LogP contribution in [0.3, 0.4) is 0 Å². The van der Waals surface area contributed by atoms with Gasteiger partial charge in [-0.2, -0.15) is 0 Å². The molecular formula is C21H30O2S. The van der Waals surface area contributed by atoms with E-state index < -0.39 is 9.84 Å². The number of hydrogen-bond acceptors (Lipinski definition) is 2. The van der Waals surface area contributed by atoms with Gasteiger partial charge in [0.05, 0.1) is 10.6 Å². The lowest BCUT2D eigenvalue weighted by Gasteiger charge is -2.03. The van der Waals surface area contributed by atoms with Crippen molar-refractivity contribution in [1.82, 2.24) is 0 Å². The Morgan fingerprint density at radius 2 is 1.38 bits per heavy atom. The summed E-state index contributed by atoms with van der Waals surface area (Å²) in [4.78, 5) is 0.393. The van der Waals surface area contributed by atoms with Gasteiger partial charge in [-0.25, -0.2) is 8.42 Å². The Kier molecular flexibility index (Phi) is 8.77. The number of hydrogen-bond donors (Lipinski definition) is 0. The summed E-state index contributed by atoms with van der Waals surface area (Å²) in [5.74, 6) is 0.0755. The van der Waals surface area contributed by atoms with Gasteiger partial charge in [-0.3, -0.25) is 0 Å². The minimum absolute atomic E-state index is 0.0755. The van der Waals surface area contributed by atoms with Crippen molar-refractivity contribution in [3.05, 3.63) is 65.3 Å². The van der Waals surface area contributed by atoms with Crippen LogP contribution in [0.4, 0.5) is 0 Å². The summed E-state index contributed by atoms with van der Waals surface area (Å²) in [7, 11) is -3.22. The third-order valence-corrected chi connectivity index (χ3v) is 5.47. The molecule has 0 bridgehead atoms. The van der Waals surface area contributed by atoms with Crippen molar-refractivity contribution in [2.75, 3.05) is 5.75 Å². The van der Waals surface area contributed by atoms with E-state index in [1.54, 1.807) is 24.3 Å². The van der Waals surface area contributed by atoms with Gasteiger partial charge in [0.2, 0.25) is 0 Å². The predicted octanol–water partition coefficient (Wildman–Crippen LogP) is 5.88. The molecule has 0 aliphatic carbocycles. The molecule has 0 saturated heterocycles. The normalized spacial score (nSPS) is 13.0. The summed E-state index contributed by atoms with van der Waals surface area (Å²) in [5.41, 5.74) is 3.89. The molecule has 1 rings (SSSR count). The Labute approximate surface area is 147 Å². The number of rotatable bonds is 9. The van der Waals surface area contributed by atoms with Crippen molar-refractivity contribution in [2.24, 2.45) is 0 Å². The van der Waals surface area contributed by atoms with E-state index in [1.807, 2.05) is 19.1 Å². The molecule has 0 fully saturated rings. The lowest BCUT2D eigenvalue weighted by molar-refractivity contribution is 0.599. The zero-order valence-corrected chi connectivity index (χ0v) is 16.2. The molecule has 0 aliphatic rings. The van der Waals surface area contributed by atoms with Gasteiger partial charge >= 0.3 is 0 Å². The first-order valence-electron chi connectivity index (χ1n) is 8.53. The Hall–Kier alpha value is -1.61. The van der Waals surface area contributed by atoms with Crippen LogP contribution in [0, 0.1) is 0 Å². The maximum Gasteiger partial charge on any atom is 0.181 e. The van der Waals surface area contributed by atoms with E-state index in [0.29, 0.717) is 4.90 Å². The second kappa shape index (κ2) is 10.3. The molecule has 0 amide bonds. The lowest BCUT2D eigenvalue weighted by Crippen LogP contribution is -2.04. The molecule has 1 aromatic rings. The molecule has 3 heteroatoms. The number of allylic oxidation sites excluding steroid dienone is 5. The van der Waals surface area contributed by atoms with Gasteiger partial charge < -0.3 is 0 Å². The zero-order chi connectivity index (χ0) is 18.0. The van der Waals surface area contributed by atoms with Gasteiger partial charge in [-0.15, -0.1) is 0 Å². The summed E-state index contributed by atoms with van der Waals surface area (Å²) in [6.45, 7) is 8.41. The Balaban J connectivity index is 2.46. The van der Waals surface area contributed by atoms with Crippen LogP contribution in [-0.4, -0.2) is 14.2 Å². The fourth-order valence-electron chi connectivity index (χ4n) is 2.31. The summed E-state index contributed by atoms with van der Waals surface area (Å²) in [6.07, 6.45) is 10.4. The Bertz CT molecular complexity index is 689. The van der Waals surface area contributed by atoms with Crippen LogP contribution < -0.4 is 0 Å². The van der Waals surface area contributed by atoms with E-state index >= 15 is 0 Å². The van der Waals surface area contributed by atoms with Crippen LogP contribution in [-0.2, 0) is 9.84 Å². The fraction of sp³-hybridized carbons (Fsp3) is 0.429. The molecule has 0 radical (unpaired) electrons. The molecule has 0 aromatic heterocycles. The van der Waals surface area contributed by atoms with Crippen molar-refractivity contribution in [3.63, 3.8) is 0 Å². The second-order valence-corrected chi connectivity index (χ2v) is 8.59. The van der Waals surface area contributed by atoms with E-state index in [9.17, 15) is 8.42 Å². The molecule has 2 nitrogen and oxygen atoms in total. The monoisotopic (exact) mass is 346 g/mol. The third-order valence-electron chi connectivity index (χ3n) is 3.88. The van der Waals surface area contributed by atoms with Crippen molar-refractivity contribution in [3.8, 4) is 0 Å². The quantitative estimate of drug-likeness (QED) is 0.523.